The largest absolute Gasteiger partial charge is 0.497 e. The number of nitrogens with zero attached hydrogens (tertiary/aromatic N) is 1. The monoisotopic (exact) mass is 461 g/mol. The molecule has 34 heavy (non-hydrogen) atoms. The Hall–Kier alpha value is -3.47. The molecule has 0 radical (unpaired) electrons. The average molecular weight is 462 g/mol. The van der Waals surface area contributed by atoms with E-state index in [1.54, 1.807) is 27.4 Å². The second-order valence-electron chi connectivity index (χ2n) is 9.34. The Morgan fingerprint density at radius 1 is 0.794 bits per heavy atom. The van der Waals surface area contributed by atoms with E-state index in [0.29, 0.717) is 42.3 Å². The number of hydrogen-bond acceptors (Lipinski definition) is 4. The summed E-state index contributed by atoms with van der Waals surface area (Å²) in [6, 6.07) is 21.7. The lowest BCUT2D eigenvalue weighted by Gasteiger charge is -2.24. The Morgan fingerprint density at radius 2 is 1.47 bits per heavy atom. The molecule has 0 aromatic heterocycles. The highest BCUT2D eigenvalue weighted by Crippen LogP contribution is 2.28. The van der Waals surface area contributed by atoms with Crippen LogP contribution in [0.15, 0.2) is 66.7 Å². The second-order valence-corrected chi connectivity index (χ2v) is 9.34. The third-order valence-electron chi connectivity index (χ3n) is 5.92. The first kappa shape index (κ1) is 25.2. The van der Waals surface area contributed by atoms with Crippen LogP contribution >= 0.6 is 0 Å². The van der Waals surface area contributed by atoms with Gasteiger partial charge in [-0.3, -0.25) is 4.79 Å². The van der Waals surface area contributed by atoms with Gasteiger partial charge >= 0.3 is 0 Å². The molecule has 0 aliphatic rings. The van der Waals surface area contributed by atoms with Crippen LogP contribution in [-0.2, 0) is 18.4 Å². The van der Waals surface area contributed by atoms with Gasteiger partial charge in [0.2, 0.25) is 0 Å². The van der Waals surface area contributed by atoms with Crippen molar-refractivity contribution in [3.05, 3.63) is 89.0 Å². The minimum Gasteiger partial charge on any atom is -0.497 e. The van der Waals surface area contributed by atoms with E-state index in [1.165, 1.54) is 5.56 Å². The summed E-state index contributed by atoms with van der Waals surface area (Å²) in [4.78, 5) is 15.4. The number of carbonyl (C=O) groups is 1. The van der Waals surface area contributed by atoms with Crippen molar-refractivity contribution in [3.63, 3.8) is 0 Å². The summed E-state index contributed by atoms with van der Waals surface area (Å²) in [6.45, 7) is 7.68. The van der Waals surface area contributed by atoms with Gasteiger partial charge in [-0.2, -0.15) is 0 Å². The molecule has 0 saturated heterocycles. The molecule has 3 aromatic rings. The van der Waals surface area contributed by atoms with Crippen molar-refractivity contribution in [1.82, 2.24) is 4.90 Å². The van der Waals surface area contributed by atoms with E-state index in [-0.39, 0.29) is 11.3 Å². The zero-order chi connectivity index (χ0) is 24.7. The third kappa shape index (κ3) is 6.31. The van der Waals surface area contributed by atoms with Crippen LogP contribution in [0.3, 0.4) is 0 Å². The predicted octanol–water partition coefficient (Wildman–Crippen LogP) is 5.90. The minimum atomic E-state index is -0.0284. The molecule has 5 heteroatoms. The van der Waals surface area contributed by atoms with Crippen molar-refractivity contribution in [2.24, 2.45) is 0 Å². The van der Waals surface area contributed by atoms with E-state index >= 15 is 0 Å². The second kappa shape index (κ2) is 11.1. The molecule has 0 fully saturated rings. The van der Waals surface area contributed by atoms with Crippen molar-refractivity contribution in [2.45, 2.75) is 39.2 Å². The Kier molecular flexibility index (Phi) is 8.21. The van der Waals surface area contributed by atoms with Crippen LogP contribution in [0.4, 0.5) is 0 Å². The highest BCUT2D eigenvalue weighted by Gasteiger charge is 2.19. The van der Waals surface area contributed by atoms with Crippen molar-refractivity contribution < 1.29 is 19.0 Å². The average Bonchev–Trinajstić information content (AvgIpc) is 2.85. The van der Waals surface area contributed by atoms with E-state index < -0.39 is 0 Å². The molecule has 0 bridgehead atoms. The van der Waals surface area contributed by atoms with Crippen molar-refractivity contribution in [3.8, 4) is 17.2 Å². The summed E-state index contributed by atoms with van der Waals surface area (Å²) < 4.78 is 16.1. The predicted molar refractivity (Wildman–Crippen MR) is 136 cm³/mol. The zero-order valence-corrected chi connectivity index (χ0v) is 21.1. The number of hydrogen-bond donors (Lipinski definition) is 0. The minimum absolute atomic E-state index is 0.0284. The van der Waals surface area contributed by atoms with Gasteiger partial charge in [-0.1, -0.05) is 57.2 Å². The van der Waals surface area contributed by atoms with Gasteiger partial charge in [-0.15, -0.1) is 0 Å². The Bertz CT molecular complexity index is 1100. The van der Waals surface area contributed by atoms with Crippen LogP contribution < -0.4 is 14.2 Å². The smallest absolute Gasteiger partial charge is 0.254 e. The Morgan fingerprint density at radius 3 is 2.09 bits per heavy atom. The highest BCUT2D eigenvalue weighted by molar-refractivity contribution is 5.94. The van der Waals surface area contributed by atoms with Gasteiger partial charge in [0.15, 0.2) is 11.5 Å². The topological polar surface area (TPSA) is 48.0 Å². The first-order valence-electron chi connectivity index (χ1n) is 11.5. The maximum atomic E-state index is 13.5. The molecular weight excluding hydrogens is 426 g/mol. The summed E-state index contributed by atoms with van der Waals surface area (Å²) in [6.07, 6.45) is 0.691. The van der Waals surface area contributed by atoms with Crippen LogP contribution in [0.1, 0.15) is 47.8 Å². The van der Waals surface area contributed by atoms with E-state index in [2.05, 4.69) is 45.0 Å². The van der Waals surface area contributed by atoms with Gasteiger partial charge in [0.25, 0.3) is 5.91 Å². The number of methoxy groups -OCH3 is 3. The number of rotatable bonds is 9. The molecule has 180 valence electrons. The van der Waals surface area contributed by atoms with Gasteiger partial charge in [-0.25, -0.2) is 0 Å². The molecule has 0 spiro atoms. The van der Waals surface area contributed by atoms with Crippen LogP contribution in [0, 0.1) is 0 Å². The number of carbonyl (C=O) groups excluding carboxylic acids is 1. The maximum absolute atomic E-state index is 13.5. The summed E-state index contributed by atoms with van der Waals surface area (Å²) in [7, 11) is 4.85. The maximum Gasteiger partial charge on any atom is 0.254 e. The molecule has 0 unspecified atom stereocenters. The Balaban J connectivity index is 1.84. The SMILES string of the molecule is COc1cccc(C(=O)N(CCc2ccc(OC)c(OC)c2)Cc2ccc(C(C)(C)C)cc2)c1. The molecule has 0 aliphatic carbocycles. The summed E-state index contributed by atoms with van der Waals surface area (Å²) in [5.41, 5.74) is 4.13. The molecule has 0 atom stereocenters. The van der Waals surface area contributed by atoms with Crippen LogP contribution in [0.25, 0.3) is 0 Å². The molecule has 0 heterocycles. The number of ether oxygens (including phenoxy) is 3. The fraction of sp³-hybridized carbons (Fsp3) is 0.345. The van der Waals surface area contributed by atoms with E-state index in [1.807, 2.05) is 41.3 Å². The van der Waals surface area contributed by atoms with Crippen molar-refractivity contribution >= 4 is 5.91 Å². The van der Waals surface area contributed by atoms with Crippen LogP contribution in [0.2, 0.25) is 0 Å². The zero-order valence-electron chi connectivity index (χ0n) is 21.1. The standard InChI is InChI=1S/C29H35NO4/c1-29(2,3)24-13-10-22(11-14-24)20-30(28(31)23-8-7-9-25(19-23)32-4)17-16-21-12-15-26(33-5)27(18-21)34-6/h7-15,18-19H,16-17,20H2,1-6H3. The first-order chi connectivity index (χ1) is 16.2. The Labute approximate surface area is 203 Å². The molecule has 0 aliphatic heterocycles. The van der Waals surface area contributed by atoms with Crippen LogP contribution in [-0.4, -0.2) is 38.7 Å². The summed E-state index contributed by atoms with van der Waals surface area (Å²) in [5, 5.41) is 0. The molecule has 0 N–H and O–H groups in total. The van der Waals surface area contributed by atoms with Gasteiger partial charge in [0, 0.05) is 18.7 Å². The van der Waals surface area contributed by atoms with Crippen molar-refractivity contribution in [1.29, 1.82) is 0 Å². The molecule has 1 amide bonds. The fourth-order valence-corrected chi connectivity index (χ4v) is 3.82. The normalized spacial score (nSPS) is 11.1. The van der Waals surface area contributed by atoms with Gasteiger partial charge < -0.3 is 19.1 Å². The van der Waals surface area contributed by atoms with E-state index in [9.17, 15) is 4.79 Å². The van der Waals surface area contributed by atoms with Crippen molar-refractivity contribution in [2.75, 3.05) is 27.9 Å². The molecule has 3 aromatic carbocycles. The van der Waals surface area contributed by atoms with Gasteiger partial charge in [0.1, 0.15) is 5.75 Å². The number of benzene rings is 3. The third-order valence-corrected chi connectivity index (χ3v) is 5.92. The van der Waals surface area contributed by atoms with Gasteiger partial charge in [-0.05, 0) is 58.9 Å². The lowest BCUT2D eigenvalue weighted by molar-refractivity contribution is 0.0744. The lowest BCUT2D eigenvalue weighted by Crippen LogP contribution is -2.32. The van der Waals surface area contributed by atoms with E-state index in [0.717, 1.165) is 11.1 Å². The molecule has 5 nitrogen and oxygen atoms in total. The quantitative estimate of drug-likeness (QED) is 0.398. The lowest BCUT2D eigenvalue weighted by atomic mass is 9.87. The highest BCUT2D eigenvalue weighted by atomic mass is 16.5. The summed E-state index contributed by atoms with van der Waals surface area (Å²) >= 11 is 0. The molecular formula is C29H35NO4. The molecule has 3 rings (SSSR count). The molecule has 0 saturated carbocycles. The summed E-state index contributed by atoms with van der Waals surface area (Å²) in [5.74, 6) is 2.01. The van der Waals surface area contributed by atoms with Gasteiger partial charge in [0.05, 0.1) is 21.3 Å². The van der Waals surface area contributed by atoms with E-state index in [4.69, 9.17) is 14.2 Å². The van der Waals surface area contributed by atoms with Crippen LogP contribution in [0.5, 0.6) is 17.2 Å². The first-order valence-corrected chi connectivity index (χ1v) is 11.5. The fourth-order valence-electron chi connectivity index (χ4n) is 3.82. The number of amides is 1.